The molecule has 0 bridgehead atoms. The molecule has 3 N–H and O–H groups in total. The molecule has 1 aliphatic heterocycles. The van der Waals surface area contributed by atoms with Gasteiger partial charge in [0.25, 0.3) is 5.91 Å². The summed E-state index contributed by atoms with van der Waals surface area (Å²) >= 11 is 0. The SMILES string of the molecule is CCc1c(C(=O)OC(C)(C)C)[nH]c(CNc2ccc(OC)cc2)c1C(=O)NCC1CCC(=O)N1C. The maximum Gasteiger partial charge on any atom is 0.355 e. The molecule has 190 valence electrons. The molecule has 2 amide bonds. The number of carbonyl (C=O) groups excluding carboxylic acids is 3. The molecular weight excluding hydrogens is 448 g/mol. The number of aromatic amines is 1. The average Bonchev–Trinajstić information content (AvgIpc) is 3.35. The van der Waals surface area contributed by atoms with E-state index in [1.54, 1.807) is 39.8 Å². The zero-order valence-electron chi connectivity index (χ0n) is 21.4. The van der Waals surface area contributed by atoms with Gasteiger partial charge in [0.05, 0.1) is 19.2 Å². The highest BCUT2D eigenvalue weighted by molar-refractivity contribution is 6.01. The number of H-pyrrole nitrogens is 1. The second kappa shape index (κ2) is 10.8. The van der Waals surface area contributed by atoms with Crippen molar-refractivity contribution in [2.24, 2.45) is 0 Å². The molecule has 35 heavy (non-hydrogen) atoms. The highest BCUT2D eigenvalue weighted by Crippen LogP contribution is 2.25. The van der Waals surface area contributed by atoms with E-state index < -0.39 is 11.6 Å². The summed E-state index contributed by atoms with van der Waals surface area (Å²) in [4.78, 5) is 43.0. The number of hydrogen-bond donors (Lipinski definition) is 3. The van der Waals surface area contributed by atoms with E-state index in [-0.39, 0.29) is 23.6 Å². The van der Waals surface area contributed by atoms with E-state index in [1.165, 1.54) is 0 Å². The van der Waals surface area contributed by atoms with Crippen LogP contribution in [0, 0.1) is 0 Å². The van der Waals surface area contributed by atoms with Gasteiger partial charge in [0.1, 0.15) is 17.0 Å². The highest BCUT2D eigenvalue weighted by atomic mass is 16.6. The number of nitrogens with zero attached hydrogens (tertiary/aromatic N) is 1. The topological polar surface area (TPSA) is 113 Å². The van der Waals surface area contributed by atoms with Crippen molar-refractivity contribution >= 4 is 23.5 Å². The van der Waals surface area contributed by atoms with Crippen LogP contribution >= 0.6 is 0 Å². The Hall–Kier alpha value is -3.49. The number of benzene rings is 1. The van der Waals surface area contributed by atoms with Crippen molar-refractivity contribution in [3.63, 3.8) is 0 Å². The Morgan fingerprint density at radius 3 is 2.43 bits per heavy atom. The maximum atomic E-state index is 13.4. The first kappa shape index (κ1) is 26.1. The van der Waals surface area contributed by atoms with Crippen LogP contribution in [0.1, 0.15) is 72.6 Å². The van der Waals surface area contributed by atoms with E-state index in [4.69, 9.17) is 9.47 Å². The summed E-state index contributed by atoms with van der Waals surface area (Å²) in [7, 11) is 3.36. The van der Waals surface area contributed by atoms with E-state index in [0.717, 1.165) is 11.4 Å². The third kappa shape index (κ3) is 6.35. The van der Waals surface area contributed by atoms with Crippen LogP contribution in [0.3, 0.4) is 0 Å². The number of hydrogen-bond acceptors (Lipinski definition) is 6. The number of esters is 1. The van der Waals surface area contributed by atoms with E-state index in [1.807, 2.05) is 31.2 Å². The fourth-order valence-corrected chi connectivity index (χ4v) is 4.16. The van der Waals surface area contributed by atoms with E-state index >= 15 is 0 Å². The van der Waals surface area contributed by atoms with Crippen molar-refractivity contribution in [1.82, 2.24) is 15.2 Å². The Morgan fingerprint density at radius 2 is 1.89 bits per heavy atom. The van der Waals surface area contributed by atoms with E-state index in [2.05, 4.69) is 15.6 Å². The van der Waals surface area contributed by atoms with Crippen molar-refractivity contribution < 1.29 is 23.9 Å². The first-order valence-corrected chi connectivity index (χ1v) is 11.9. The van der Waals surface area contributed by atoms with Gasteiger partial charge in [-0.15, -0.1) is 0 Å². The first-order valence-electron chi connectivity index (χ1n) is 11.9. The van der Waals surface area contributed by atoms with Crippen LogP contribution in [0.25, 0.3) is 0 Å². The van der Waals surface area contributed by atoms with Crippen LogP contribution in [0.15, 0.2) is 24.3 Å². The molecule has 2 aromatic rings. The normalized spacial score (nSPS) is 15.8. The number of ether oxygens (including phenoxy) is 2. The molecule has 1 aliphatic rings. The summed E-state index contributed by atoms with van der Waals surface area (Å²) < 4.78 is 10.8. The molecule has 2 heterocycles. The van der Waals surface area contributed by atoms with Gasteiger partial charge in [-0.05, 0) is 63.4 Å². The third-order valence-corrected chi connectivity index (χ3v) is 6.05. The lowest BCUT2D eigenvalue weighted by Gasteiger charge is -2.20. The number of likely N-dealkylation sites (tertiary alicyclic amines) is 1. The van der Waals surface area contributed by atoms with Crippen molar-refractivity contribution in [1.29, 1.82) is 0 Å². The third-order valence-electron chi connectivity index (χ3n) is 6.05. The number of nitrogens with one attached hydrogen (secondary N) is 3. The Morgan fingerprint density at radius 1 is 1.20 bits per heavy atom. The highest BCUT2D eigenvalue weighted by Gasteiger charge is 2.31. The molecule has 1 unspecified atom stereocenters. The van der Waals surface area contributed by atoms with Gasteiger partial charge >= 0.3 is 5.97 Å². The molecule has 0 aliphatic carbocycles. The Bertz CT molecular complexity index is 1070. The zero-order chi connectivity index (χ0) is 25.8. The molecule has 1 aromatic heterocycles. The van der Waals surface area contributed by atoms with Crippen LogP contribution in [0.2, 0.25) is 0 Å². The number of likely N-dealkylation sites (N-methyl/N-ethyl adjacent to an activating group) is 1. The second-order valence-corrected chi connectivity index (χ2v) is 9.68. The first-order chi connectivity index (χ1) is 16.5. The molecule has 1 atom stereocenters. The van der Waals surface area contributed by atoms with Gasteiger partial charge in [-0.1, -0.05) is 6.92 Å². The molecule has 9 heteroatoms. The van der Waals surface area contributed by atoms with Crippen LogP contribution in [-0.4, -0.2) is 60.0 Å². The van der Waals surface area contributed by atoms with Gasteiger partial charge in [-0.25, -0.2) is 4.79 Å². The lowest BCUT2D eigenvalue weighted by atomic mass is 10.0. The maximum absolute atomic E-state index is 13.4. The van der Waals surface area contributed by atoms with Crippen molar-refractivity contribution in [3.8, 4) is 5.75 Å². The summed E-state index contributed by atoms with van der Waals surface area (Å²) in [5.41, 5.74) is 2.09. The van der Waals surface area contributed by atoms with Gasteiger partial charge in [-0.2, -0.15) is 0 Å². The summed E-state index contributed by atoms with van der Waals surface area (Å²) in [5.74, 6) is 0.0375. The zero-order valence-corrected chi connectivity index (χ0v) is 21.4. The van der Waals surface area contributed by atoms with Gasteiger partial charge < -0.3 is 30.0 Å². The summed E-state index contributed by atoms with van der Waals surface area (Å²) in [6.45, 7) is 7.96. The predicted octanol–water partition coefficient (Wildman–Crippen LogP) is 3.50. The Kier molecular flexibility index (Phi) is 8.09. The average molecular weight is 485 g/mol. The monoisotopic (exact) mass is 484 g/mol. The lowest BCUT2D eigenvalue weighted by molar-refractivity contribution is -0.127. The quantitative estimate of drug-likeness (QED) is 0.470. The molecule has 0 radical (unpaired) electrons. The van der Waals surface area contributed by atoms with Crippen LogP contribution < -0.4 is 15.4 Å². The molecule has 1 aromatic carbocycles. The molecular formula is C26H36N4O5. The van der Waals surface area contributed by atoms with E-state index in [9.17, 15) is 14.4 Å². The van der Waals surface area contributed by atoms with Gasteiger partial charge in [0, 0.05) is 37.4 Å². The smallest absolute Gasteiger partial charge is 0.355 e. The Labute approximate surface area is 206 Å². The van der Waals surface area contributed by atoms with Crippen LogP contribution in [-0.2, 0) is 22.5 Å². The Balaban J connectivity index is 1.87. The van der Waals surface area contributed by atoms with Crippen molar-refractivity contribution in [2.75, 3.05) is 26.0 Å². The molecule has 3 rings (SSSR count). The minimum absolute atomic E-state index is 0.0401. The summed E-state index contributed by atoms with van der Waals surface area (Å²) in [5, 5.41) is 6.27. The number of aromatic nitrogens is 1. The summed E-state index contributed by atoms with van der Waals surface area (Å²) in [6.07, 6.45) is 1.66. The van der Waals surface area contributed by atoms with Gasteiger partial charge in [0.15, 0.2) is 0 Å². The van der Waals surface area contributed by atoms with Crippen LogP contribution in [0.4, 0.5) is 5.69 Å². The largest absolute Gasteiger partial charge is 0.497 e. The fraction of sp³-hybridized carbons (Fsp3) is 0.500. The standard InChI is InChI=1S/C26H36N4O5/c1-7-19-22(24(32)28-14-17-10-13-21(31)30(17)5)20(29-23(19)25(33)35-26(2,3)4)15-27-16-8-11-18(34-6)12-9-16/h8-9,11-12,17,27,29H,7,10,13-15H2,1-6H3,(H,28,32). The number of amides is 2. The van der Waals surface area contributed by atoms with Crippen molar-refractivity contribution in [2.45, 2.75) is 65.1 Å². The van der Waals surface area contributed by atoms with Gasteiger partial charge in [0.2, 0.25) is 5.91 Å². The van der Waals surface area contributed by atoms with E-state index in [0.29, 0.717) is 49.2 Å². The number of methoxy groups -OCH3 is 1. The van der Waals surface area contributed by atoms with Gasteiger partial charge in [-0.3, -0.25) is 9.59 Å². The fourth-order valence-electron chi connectivity index (χ4n) is 4.16. The molecule has 1 saturated heterocycles. The predicted molar refractivity (Wildman–Crippen MR) is 134 cm³/mol. The minimum atomic E-state index is -0.670. The van der Waals surface area contributed by atoms with Crippen molar-refractivity contribution in [3.05, 3.63) is 46.8 Å². The van der Waals surface area contributed by atoms with Crippen LogP contribution in [0.5, 0.6) is 5.75 Å². The summed E-state index contributed by atoms with van der Waals surface area (Å²) in [6, 6.07) is 7.40. The second-order valence-electron chi connectivity index (χ2n) is 9.68. The lowest BCUT2D eigenvalue weighted by Crippen LogP contribution is -2.40. The molecule has 0 saturated carbocycles. The molecule has 0 spiro atoms. The molecule has 9 nitrogen and oxygen atoms in total. The minimum Gasteiger partial charge on any atom is -0.497 e. The number of anilines is 1. The number of rotatable bonds is 9. The molecule has 1 fully saturated rings. The number of carbonyl (C=O) groups is 3.